The third-order valence-corrected chi connectivity index (χ3v) is 2.42. The lowest BCUT2D eigenvalue weighted by atomic mass is 10.2. The van der Waals surface area contributed by atoms with E-state index in [1.165, 1.54) is 0 Å². The molecule has 0 aliphatic heterocycles. The molecular weight excluding hydrogens is 189 g/mol. The molecule has 0 saturated heterocycles. The summed E-state index contributed by atoms with van der Waals surface area (Å²) < 4.78 is 9.88. The molecule has 4 nitrogen and oxygen atoms in total. The van der Waals surface area contributed by atoms with E-state index < -0.39 is 8.60 Å². The van der Waals surface area contributed by atoms with Gasteiger partial charge in [0.1, 0.15) is 0 Å². The predicted molar refractivity (Wildman–Crippen MR) is 54.2 cm³/mol. The molecule has 0 spiro atoms. The van der Waals surface area contributed by atoms with Crippen molar-refractivity contribution < 1.29 is 13.9 Å². The maximum absolute atomic E-state index is 9.05. The lowest BCUT2D eigenvalue weighted by Gasteiger charge is -2.08. The van der Waals surface area contributed by atoms with E-state index in [1.54, 1.807) is 0 Å². The Balaban J connectivity index is 2.97. The molecule has 0 aromatic heterocycles. The van der Waals surface area contributed by atoms with Gasteiger partial charge in [-0.25, -0.2) is 0 Å². The summed E-state index contributed by atoms with van der Waals surface area (Å²) in [4.78, 5) is 9.05. The van der Waals surface area contributed by atoms with Gasteiger partial charge in [-0.05, 0) is 26.3 Å². The second kappa shape index (κ2) is 10.4. The molecule has 13 heavy (non-hydrogen) atoms. The van der Waals surface area contributed by atoms with Crippen molar-refractivity contribution in [3.05, 3.63) is 0 Å². The van der Waals surface area contributed by atoms with E-state index >= 15 is 0 Å². The van der Waals surface area contributed by atoms with E-state index in [4.69, 9.17) is 19.7 Å². The summed E-state index contributed by atoms with van der Waals surface area (Å²) in [5, 5.41) is 0. The Hall–Kier alpha value is 0.270. The highest BCUT2D eigenvalue weighted by molar-refractivity contribution is 7.40. The summed E-state index contributed by atoms with van der Waals surface area (Å²) in [6, 6.07) is 0. The van der Waals surface area contributed by atoms with Crippen LogP contribution in [0.3, 0.4) is 0 Å². The molecule has 0 saturated carbocycles. The summed E-state index contributed by atoms with van der Waals surface area (Å²) in [6.07, 6.45) is 4.27. The Morgan fingerprint density at radius 2 is 1.85 bits per heavy atom. The van der Waals surface area contributed by atoms with Crippen molar-refractivity contribution in [3.63, 3.8) is 0 Å². The Bertz CT molecular complexity index is 105. The SMILES string of the molecule is CCOP(O)OCCCCCCN. The summed E-state index contributed by atoms with van der Waals surface area (Å²) in [6.45, 7) is 3.66. The van der Waals surface area contributed by atoms with Crippen LogP contribution in [0.5, 0.6) is 0 Å². The number of unbranched alkanes of at least 4 members (excludes halogenated alkanes) is 3. The van der Waals surface area contributed by atoms with E-state index in [2.05, 4.69) is 0 Å². The standard InChI is InChI=1S/C8H20NO3P/c1-2-11-13(10)12-8-6-4-3-5-7-9/h10H,2-9H2,1H3. The molecule has 0 fully saturated rings. The van der Waals surface area contributed by atoms with E-state index in [9.17, 15) is 0 Å². The van der Waals surface area contributed by atoms with Crippen LogP contribution < -0.4 is 5.73 Å². The maximum atomic E-state index is 9.05. The van der Waals surface area contributed by atoms with Crippen LogP contribution in [-0.4, -0.2) is 24.7 Å². The molecule has 0 aliphatic rings. The van der Waals surface area contributed by atoms with Crippen molar-refractivity contribution in [3.8, 4) is 0 Å². The van der Waals surface area contributed by atoms with Gasteiger partial charge in [-0.1, -0.05) is 12.8 Å². The van der Waals surface area contributed by atoms with Crippen LogP contribution in [0, 0.1) is 0 Å². The highest BCUT2D eigenvalue weighted by Gasteiger charge is 2.03. The van der Waals surface area contributed by atoms with Crippen LogP contribution in [-0.2, 0) is 9.05 Å². The molecule has 3 N–H and O–H groups in total. The fraction of sp³-hybridized carbons (Fsp3) is 1.00. The molecule has 0 heterocycles. The van der Waals surface area contributed by atoms with E-state index in [-0.39, 0.29) is 0 Å². The van der Waals surface area contributed by atoms with Crippen molar-refractivity contribution in [1.29, 1.82) is 0 Å². The minimum Gasteiger partial charge on any atom is -0.330 e. The second-order valence-electron chi connectivity index (χ2n) is 2.69. The zero-order valence-corrected chi connectivity index (χ0v) is 9.13. The van der Waals surface area contributed by atoms with Gasteiger partial charge in [-0.15, -0.1) is 0 Å². The fourth-order valence-electron chi connectivity index (χ4n) is 0.890. The molecule has 80 valence electrons. The molecule has 0 amide bonds. The first-order valence-corrected chi connectivity index (χ1v) is 5.89. The first-order valence-electron chi connectivity index (χ1n) is 4.76. The monoisotopic (exact) mass is 209 g/mol. The Morgan fingerprint density at radius 1 is 1.15 bits per heavy atom. The number of nitrogens with two attached hydrogens (primary N) is 1. The zero-order chi connectivity index (χ0) is 9.94. The van der Waals surface area contributed by atoms with Crippen LogP contribution in [0.1, 0.15) is 32.6 Å². The van der Waals surface area contributed by atoms with Crippen LogP contribution in [0.4, 0.5) is 0 Å². The maximum Gasteiger partial charge on any atom is 0.329 e. The Morgan fingerprint density at radius 3 is 2.46 bits per heavy atom. The molecule has 0 rings (SSSR count). The van der Waals surface area contributed by atoms with Gasteiger partial charge in [0.05, 0.1) is 13.2 Å². The lowest BCUT2D eigenvalue weighted by Crippen LogP contribution is -1.98. The predicted octanol–water partition coefficient (Wildman–Crippen LogP) is 1.78. The van der Waals surface area contributed by atoms with E-state index in [1.807, 2.05) is 6.92 Å². The first kappa shape index (κ1) is 13.3. The molecule has 0 aromatic rings. The smallest absolute Gasteiger partial charge is 0.329 e. The van der Waals surface area contributed by atoms with Crippen LogP contribution in [0.2, 0.25) is 0 Å². The average Bonchev–Trinajstić information content (AvgIpc) is 2.11. The largest absolute Gasteiger partial charge is 0.330 e. The second-order valence-corrected chi connectivity index (χ2v) is 3.68. The van der Waals surface area contributed by atoms with Gasteiger partial charge in [-0.2, -0.15) is 0 Å². The number of hydrogen-bond donors (Lipinski definition) is 2. The average molecular weight is 209 g/mol. The molecule has 1 unspecified atom stereocenters. The highest BCUT2D eigenvalue weighted by atomic mass is 31.2. The molecule has 0 bridgehead atoms. The summed E-state index contributed by atoms with van der Waals surface area (Å²) in [5.41, 5.74) is 5.34. The number of hydrogen-bond acceptors (Lipinski definition) is 4. The van der Waals surface area contributed by atoms with Crippen molar-refractivity contribution in [2.24, 2.45) is 5.73 Å². The van der Waals surface area contributed by atoms with Crippen LogP contribution >= 0.6 is 8.60 Å². The van der Waals surface area contributed by atoms with Gasteiger partial charge in [0, 0.05) is 0 Å². The molecule has 0 aromatic carbocycles. The Labute approximate surface area is 81.4 Å². The molecule has 5 heteroatoms. The van der Waals surface area contributed by atoms with Gasteiger partial charge in [-0.3, -0.25) is 0 Å². The molecule has 0 aliphatic carbocycles. The zero-order valence-electron chi connectivity index (χ0n) is 8.24. The van der Waals surface area contributed by atoms with Crippen molar-refractivity contribution >= 4 is 8.60 Å². The quantitative estimate of drug-likeness (QED) is 0.448. The first-order chi connectivity index (χ1) is 6.31. The minimum absolute atomic E-state index is 0.495. The van der Waals surface area contributed by atoms with E-state index in [0.717, 1.165) is 32.2 Å². The van der Waals surface area contributed by atoms with E-state index in [0.29, 0.717) is 13.2 Å². The van der Waals surface area contributed by atoms with Crippen molar-refractivity contribution in [2.75, 3.05) is 19.8 Å². The number of rotatable bonds is 9. The van der Waals surface area contributed by atoms with Crippen LogP contribution in [0.15, 0.2) is 0 Å². The highest BCUT2D eigenvalue weighted by Crippen LogP contribution is 2.32. The lowest BCUT2D eigenvalue weighted by molar-refractivity contribution is 0.204. The van der Waals surface area contributed by atoms with Gasteiger partial charge in [0.25, 0.3) is 0 Å². The molecule has 1 atom stereocenters. The third-order valence-electron chi connectivity index (χ3n) is 1.54. The normalized spacial score (nSPS) is 13.2. The summed E-state index contributed by atoms with van der Waals surface area (Å²) in [7, 11) is -1.63. The van der Waals surface area contributed by atoms with Crippen molar-refractivity contribution in [1.82, 2.24) is 0 Å². The fourth-order valence-corrected chi connectivity index (χ4v) is 1.47. The van der Waals surface area contributed by atoms with Crippen molar-refractivity contribution in [2.45, 2.75) is 32.6 Å². The summed E-state index contributed by atoms with van der Waals surface area (Å²) >= 11 is 0. The Kier molecular flexibility index (Phi) is 10.6. The molecular formula is C8H20NO3P. The molecule has 0 radical (unpaired) electrons. The van der Waals surface area contributed by atoms with Gasteiger partial charge in [0.15, 0.2) is 0 Å². The van der Waals surface area contributed by atoms with Gasteiger partial charge < -0.3 is 19.7 Å². The third kappa shape index (κ3) is 10.2. The topological polar surface area (TPSA) is 64.7 Å². The van der Waals surface area contributed by atoms with Gasteiger partial charge in [0.2, 0.25) is 0 Å². The van der Waals surface area contributed by atoms with Gasteiger partial charge >= 0.3 is 8.60 Å². The van der Waals surface area contributed by atoms with Crippen LogP contribution in [0.25, 0.3) is 0 Å². The summed E-state index contributed by atoms with van der Waals surface area (Å²) in [5.74, 6) is 0. The minimum atomic E-state index is -1.63.